The molecular weight excluding hydrogens is 268 g/mol. The molecule has 0 unspecified atom stereocenters. The minimum Gasteiger partial charge on any atom is -0.487 e. The summed E-state index contributed by atoms with van der Waals surface area (Å²) in [6.07, 6.45) is 2.63. The van der Waals surface area contributed by atoms with Gasteiger partial charge in [0.05, 0.1) is 11.4 Å². The van der Waals surface area contributed by atoms with E-state index in [4.69, 9.17) is 9.84 Å². The molecule has 2 aromatic rings. The van der Waals surface area contributed by atoms with Crippen LogP contribution in [0.1, 0.15) is 23.9 Å². The Hall–Kier alpha value is -2.56. The summed E-state index contributed by atoms with van der Waals surface area (Å²) in [5, 5.41) is 13.1. The summed E-state index contributed by atoms with van der Waals surface area (Å²) in [5.74, 6) is -0.332. The second-order valence-electron chi connectivity index (χ2n) is 4.59. The molecule has 21 heavy (non-hydrogen) atoms. The SMILES string of the molecule is CCn1nc(C)cc1COc1ccccc1C=CC(=O)O. The van der Waals surface area contributed by atoms with Gasteiger partial charge in [0.25, 0.3) is 0 Å². The number of rotatable bonds is 6. The Kier molecular flexibility index (Phi) is 4.77. The minimum atomic E-state index is -0.982. The van der Waals surface area contributed by atoms with Crippen LogP contribution in [0, 0.1) is 6.92 Å². The van der Waals surface area contributed by atoms with Crippen molar-refractivity contribution < 1.29 is 14.6 Å². The number of aliphatic carboxylic acids is 1. The van der Waals surface area contributed by atoms with Crippen molar-refractivity contribution in [2.45, 2.75) is 27.0 Å². The molecule has 0 spiro atoms. The molecule has 0 saturated heterocycles. The largest absolute Gasteiger partial charge is 0.487 e. The molecule has 5 nitrogen and oxygen atoms in total. The first-order valence-corrected chi connectivity index (χ1v) is 6.76. The number of aromatic nitrogens is 2. The fourth-order valence-electron chi connectivity index (χ4n) is 2.05. The van der Waals surface area contributed by atoms with Gasteiger partial charge in [0.15, 0.2) is 0 Å². The van der Waals surface area contributed by atoms with E-state index in [9.17, 15) is 4.79 Å². The molecule has 0 aliphatic rings. The third-order valence-corrected chi connectivity index (χ3v) is 2.99. The van der Waals surface area contributed by atoms with Crippen LogP contribution in [0.25, 0.3) is 6.08 Å². The highest BCUT2D eigenvalue weighted by atomic mass is 16.5. The molecule has 5 heteroatoms. The van der Waals surface area contributed by atoms with Crippen LogP contribution in [0.4, 0.5) is 0 Å². The zero-order chi connectivity index (χ0) is 15.2. The number of carboxylic acid groups (broad SMARTS) is 1. The number of hydrogen-bond donors (Lipinski definition) is 1. The molecule has 0 amide bonds. The zero-order valence-electron chi connectivity index (χ0n) is 12.1. The van der Waals surface area contributed by atoms with Crippen molar-refractivity contribution in [1.82, 2.24) is 9.78 Å². The molecule has 1 heterocycles. The monoisotopic (exact) mass is 286 g/mol. The number of nitrogens with zero attached hydrogens (tertiary/aromatic N) is 2. The first-order valence-electron chi connectivity index (χ1n) is 6.76. The van der Waals surface area contributed by atoms with Gasteiger partial charge in [-0.05, 0) is 32.1 Å². The Labute approximate surface area is 123 Å². The van der Waals surface area contributed by atoms with Crippen LogP contribution in [-0.2, 0) is 17.9 Å². The summed E-state index contributed by atoms with van der Waals surface area (Å²) in [5.41, 5.74) is 2.68. The van der Waals surface area contributed by atoms with Crippen LogP contribution < -0.4 is 4.74 Å². The van der Waals surface area contributed by atoms with Crippen LogP contribution in [0.5, 0.6) is 5.75 Å². The maximum absolute atomic E-state index is 10.6. The molecule has 0 fully saturated rings. The van der Waals surface area contributed by atoms with Crippen molar-refractivity contribution in [3.63, 3.8) is 0 Å². The fourth-order valence-corrected chi connectivity index (χ4v) is 2.05. The van der Waals surface area contributed by atoms with E-state index in [1.807, 2.05) is 48.9 Å². The summed E-state index contributed by atoms with van der Waals surface area (Å²) in [6, 6.07) is 9.32. The van der Waals surface area contributed by atoms with Crippen LogP contribution in [-0.4, -0.2) is 20.9 Å². The molecule has 1 aromatic carbocycles. The topological polar surface area (TPSA) is 64.4 Å². The Bertz CT molecular complexity index is 659. The van der Waals surface area contributed by atoms with Crippen molar-refractivity contribution in [3.8, 4) is 5.75 Å². The van der Waals surface area contributed by atoms with E-state index in [1.165, 1.54) is 6.08 Å². The Balaban J connectivity index is 2.14. The van der Waals surface area contributed by atoms with Crippen molar-refractivity contribution >= 4 is 12.0 Å². The number of aryl methyl sites for hydroxylation is 2. The summed E-state index contributed by atoms with van der Waals surface area (Å²) in [4.78, 5) is 10.6. The van der Waals surface area contributed by atoms with Crippen molar-refractivity contribution in [2.75, 3.05) is 0 Å². The molecule has 0 saturated carbocycles. The van der Waals surface area contributed by atoms with E-state index in [0.717, 1.165) is 29.6 Å². The molecule has 0 bridgehead atoms. The van der Waals surface area contributed by atoms with Crippen molar-refractivity contribution in [3.05, 3.63) is 53.4 Å². The standard InChI is InChI=1S/C16H18N2O3/c1-3-18-14(10-12(2)17-18)11-21-15-7-5-4-6-13(15)8-9-16(19)20/h4-10H,3,11H2,1-2H3,(H,19,20). The molecule has 0 aliphatic heterocycles. The van der Waals surface area contributed by atoms with Crippen LogP contribution in [0.15, 0.2) is 36.4 Å². The lowest BCUT2D eigenvalue weighted by Crippen LogP contribution is -2.06. The van der Waals surface area contributed by atoms with Crippen LogP contribution in [0.2, 0.25) is 0 Å². The average molecular weight is 286 g/mol. The lowest BCUT2D eigenvalue weighted by Gasteiger charge is -2.10. The smallest absolute Gasteiger partial charge is 0.328 e. The van der Waals surface area contributed by atoms with E-state index in [-0.39, 0.29) is 0 Å². The zero-order valence-corrected chi connectivity index (χ0v) is 12.1. The third kappa shape index (κ3) is 3.95. The van der Waals surface area contributed by atoms with Gasteiger partial charge >= 0.3 is 5.97 Å². The van der Waals surface area contributed by atoms with Gasteiger partial charge in [-0.15, -0.1) is 0 Å². The minimum absolute atomic E-state index is 0.395. The Morgan fingerprint density at radius 3 is 2.90 bits per heavy atom. The van der Waals surface area contributed by atoms with Gasteiger partial charge < -0.3 is 9.84 Å². The Morgan fingerprint density at radius 1 is 1.43 bits per heavy atom. The van der Waals surface area contributed by atoms with Gasteiger partial charge in [0.2, 0.25) is 0 Å². The fraction of sp³-hybridized carbons (Fsp3) is 0.250. The second-order valence-corrected chi connectivity index (χ2v) is 4.59. The number of carboxylic acids is 1. The lowest BCUT2D eigenvalue weighted by molar-refractivity contribution is -0.131. The Morgan fingerprint density at radius 2 is 2.19 bits per heavy atom. The van der Waals surface area contributed by atoms with Gasteiger partial charge in [-0.2, -0.15) is 5.10 Å². The van der Waals surface area contributed by atoms with Crippen molar-refractivity contribution in [2.24, 2.45) is 0 Å². The molecular formula is C16H18N2O3. The molecule has 0 atom stereocenters. The normalized spacial score (nSPS) is 11.0. The quantitative estimate of drug-likeness (QED) is 0.829. The number of para-hydroxylation sites is 1. The van der Waals surface area contributed by atoms with E-state index < -0.39 is 5.97 Å². The van der Waals surface area contributed by atoms with Gasteiger partial charge in [-0.3, -0.25) is 4.68 Å². The molecule has 1 N–H and O–H groups in total. The first-order chi connectivity index (χ1) is 10.1. The third-order valence-electron chi connectivity index (χ3n) is 2.99. The maximum Gasteiger partial charge on any atom is 0.328 e. The summed E-state index contributed by atoms with van der Waals surface area (Å²) in [7, 11) is 0. The molecule has 1 aromatic heterocycles. The lowest BCUT2D eigenvalue weighted by atomic mass is 10.2. The predicted molar refractivity (Wildman–Crippen MR) is 80.1 cm³/mol. The first kappa shape index (κ1) is 14.8. The molecule has 0 aliphatic carbocycles. The predicted octanol–water partition coefficient (Wildman–Crippen LogP) is 2.89. The van der Waals surface area contributed by atoms with Gasteiger partial charge in [-0.1, -0.05) is 18.2 Å². The maximum atomic E-state index is 10.6. The molecule has 2 rings (SSSR count). The van der Waals surface area contributed by atoms with Crippen LogP contribution >= 0.6 is 0 Å². The number of benzene rings is 1. The molecule has 110 valence electrons. The van der Waals surface area contributed by atoms with Gasteiger partial charge in [-0.25, -0.2) is 4.79 Å². The highest BCUT2D eigenvalue weighted by Crippen LogP contribution is 2.21. The number of ether oxygens (including phenoxy) is 1. The second kappa shape index (κ2) is 6.74. The number of hydrogen-bond acceptors (Lipinski definition) is 3. The van der Waals surface area contributed by atoms with E-state index >= 15 is 0 Å². The number of carbonyl (C=O) groups is 1. The summed E-state index contributed by atoms with van der Waals surface area (Å²) >= 11 is 0. The summed E-state index contributed by atoms with van der Waals surface area (Å²) in [6.45, 7) is 5.15. The van der Waals surface area contributed by atoms with Gasteiger partial charge in [0.1, 0.15) is 12.4 Å². The highest BCUT2D eigenvalue weighted by molar-refractivity contribution is 5.85. The van der Waals surface area contributed by atoms with Gasteiger partial charge in [0, 0.05) is 18.2 Å². The highest BCUT2D eigenvalue weighted by Gasteiger charge is 2.06. The van der Waals surface area contributed by atoms with E-state index in [1.54, 1.807) is 0 Å². The summed E-state index contributed by atoms with van der Waals surface area (Å²) < 4.78 is 7.70. The van der Waals surface area contributed by atoms with E-state index in [2.05, 4.69) is 5.10 Å². The van der Waals surface area contributed by atoms with E-state index in [0.29, 0.717) is 12.4 Å². The average Bonchev–Trinajstić information content (AvgIpc) is 2.83. The molecule has 0 radical (unpaired) electrons. The van der Waals surface area contributed by atoms with Crippen molar-refractivity contribution in [1.29, 1.82) is 0 Å². The van der Waals surface area contributed by atoms with Crippen LogP contribution in [0.3, 0.4) is 0 Å².